The van der Waals surface area contributed by atoms with Gasteiger partial charge in [-0.15, -0.1) is 0 Å². The molecule has 1 N–H and O–H groups in total. The zero-order valence-electron chi connectivity index (χ0n) is 10.1. The number of nitrogens with one attached hydrogen (secondary N) is 1. The van der Waals surface area contributed by atoms with Crippen LogP contribution in [0.15, 0.2) is 24.3 Å². The van der Waals surface area contributed by atoms with Crippen molar-refractivity contribution in [3.8, 4) is 5.75 Å². The number of carbonyl (C=O) groups excluding carboxylic acids is 1. The Bertz CT molecular complexity index is 444. The molecular weight excluding hydrogens is 232 g/mol. The molecule has 96 valence electrons. The summed E-state index contributed by atoms with van der Waals surface area (Å²) in [6.45, 7) is 3.05. The van der Waals surface area contributed by atoms with E-state index in [1.165, 1.54) is 0 Å². The Balaban J connectivity index is 1.69. The second-order valence-corrected chi connectivity index (χ2v) is 4.42. The minimum absolute atomic E-state index is 0.0419. The van der Waals surface area contributed by atoms with Gasteiger partial charge in [-0.2, -0.15) is 0 Å². The number of benzene rings is 1. The van der Waals surface area contributed by atoms with Gasteiger partial charge in [0.25, 0.3) is 5.91 Å². The van der Waals surface area contributed by atoms with Crippen LogP contribution in [0, 0.1) is 0 Å². The maximum absolute atomic E-state index is 12.3. The Labute approximate surface area is 106 Å². The summed E-state index contributed by atoms with van der Waals surface area (Å²) in [5.41, 5.74) is 0.948. The molecule has 0 aliphatic carbocycles. The van der Waals surface area contributed by atoms with Crippen molar-refractivity contribution in [1.82, 2.24) is 4.90 Å². The number of para-hydroxylation sites is 2. The first-order valence-electron chi connectivity index (χ1n) is 6.21. The highest BCUT2D eigenvalue weighted by Gasteiger charge is 2.30. The molecule has 1 unspecified atom stereocenters. The smallest absolute Gasteiger partial charge is 0.265 e. The van der Waals surface area contributed by atoms with Crippen molar-refractivity contribution in [2.24, 2.45) is 0 Å². The van der Waals surface area contributed by atoms with Crippen molar-refractivity contribution < 1.29 is 14.3 Å². The maximum Gasteiger partial charge on any atom is 0.265 e. The van der Waals surface area contributed by atoms with Crippen molar-refractivity contribution >= 4 is 11.6 Å². The van der Waals surface area contributed by atoms with Gasteiger partial charge in [-0.25, -0.2) is 0 Å². The number of carbonyl (C=O) groups is 1. The molecule has 1 saturated heterocycles. The molecule has 0 radical (unpaired) electrons. The van der Waals surface area contributed by atoms with E-state index in [9.17, 15) is 4.79 Å². The van der Waals surface area contributed by atoms with E-state index < -0.39 is 6.10 Å². The number of nitrogens with zero attached hydrogens (tertiary/aromatic N) is 1. The monoisotopic (exact) mass is 248 g/mol. The number of hydrogen-bond donors (Lipinski definition) is 1. The number of anilines is 1. The number of morpholine rings is 1. The average Bonchev–Trinajstić information content (AvgIpc) is 2.47. The Kier molecular flexibility index (Phi) is 3.06. The molecule has 3 rings (SSSR count). The summed E-state index contributed by atoms with van der Waals surface area (Å²) >= 11 is 0. The lowest BCUT2D eigenvalue weighted by atomic mass is 10.2. The molecule has 18 heavy (non-hydrogen) atoms. The second kappa shape index (κ2) is 4.86. The number of hydrogen-bond acceptors (Lipinski definition) is 4. The van der Waals surface area contributed by atoms with Gasteiger partial charge in [0.05, 0.1) is 25.4 Å². The van der Waals surface area contributed by atoms with Crippen LogP contribution in [-0.4, -0.2) is 49.8 Å². The molecule has 5 nitrogen and oxygen atoms in total. The molecule has 2 heterocycles. The number of amides is 1. The Hall–Kier alpha value is -1.75. The molecule has 0 bridgehead atoms. The zero-order valence-corrected chi connectivity index (χ0v) is 10.1. The highest BCUT2D eigenvalue weighted by atomic mass is 16.5. The highest BCUT2D eigenvalue weighted by Crippen LogP contribution is 2.28. The third-order valence-corrected chi connectivity index (χ3v) is 3.23. The lowest BCUT2D eigenvalue weighted by Crippen LogP contribution is -2.50. The fourth-order valence-electron chi connectivity index (χ4n) is 2.24. The molecule has 2 aliphatic rings. The predicted octanol–water partition coefficient (Wildman–Crippen LogP) is 0.718. The predicted molar refractivity (Wildman–Crippen MR) is 66.7 cm³/mol. The third kappa shape index (κ3) is 2.13. The van der Waals surface area contributed by atoms with Gasteiger partial charge in [0.15, 0.2) is 6.10 Å². The molecule has 1 aromatic carbocycles. The van der Waals surface area contributed by atoms with Gasteiger partial charge in [0.1, 0.15) is 5.75 Å². The Morgan fingerprint density at radius 2 is 2.06 bits per heavy atom. The molecule has 1 fully saturated rings. The number of ether oxygens (including phenoxy) is 2. The Morgan fingerprint density at radius 3 is 2.89 bits per heavy atom. The maximum atomic E-state index is 12.3. The topological polar surface area (TPSA) is 50.8 Å². The SMILES string of the molecule is O=C(C1CNc2ccccc2O1)N1CCOCC1. The van der Waals surface area contributed by atoms with Crippen LogP contribution in [0.4, 0.5) is 5.69 Å². The molecule has 0 saturated carbocycles. The fraction of sp³-hybridized carbons (Fsp3) is 0.462. The van der Waals surface area contributed by atoms with Gasteiger partial charge < -0.3 is 19.7 Å². The average molecular weight is 248 g/mol. The number of rotatable bonds is 1. The van der Waals surface area contributed by atoms with E-state index in [1.54, 1.807) is 0 Å². The fourth-order valence-corrected chi connectivity index (χ4v) is 2.24. The summed E-state index contributed by atoms with van der Waals surface area (Å²) in [4.78, 5) is 14.1. The van der Waals surface area contributed by atoms with Gasteiger partial charge in [-0.3, -0.25) is 4.79 Å². The van der Waals surface area contributed by atoms with E-state index in [-0.39, 0.29) is 5.91 Å². The molecule has 0 aromatic heterocycles. The summed E-state index contributed by atoms with van der Waals surface area (Å²) in [5, 5.41) is 3.23. The number of fused-ring (bicyclic) bond motifs is 1. The summed E-state index contributed by atoms with van der Waals surface area (Å²) in [7, 11) is 0. The first-order valence-corrected chi connectivity index (χ1v) is 6.21. The molecular formula is C13H16N2O3. The van der Waals surface area contributed by atoms with Gasteiger partial charge in [0.2, 0.25) is 0 Å². The van der Waals surface area contributed by atoms with Crippen LogP contribution < -0.4 is 10.1 Å². The van der Waals surface area contributed by atoms with Crippen LogP contribution in [0.1, 0.15) is 0 Å². The molecule has 1 aromatic rings. The van der Waals surface area contributed by atoms with Crippen LogP contribution in [-0.2, 0) is 9.53 Å². The van der Waals surface area contributed by atoms with E-state index in [0.29, 0.717) is 32.8 Å². The Morgan fingerprint density at radius 1 is 1.28 bits per heavy atom. The minimum atomic E-state index is -0.432. The molecule has 5 heteroatoms. The summed E-state index contributed by atoms with van der Waals surface area (Å²) < 4.78 is 11.0. The molecule has 1 amide bonds. The normalized spacial score (nSPS) is 22.7. The van der Waals surface area contributed by atoms with Crippen LogP contribution >= 0.6 is 0 Å². The van der Waals surface area contributed by atoms with E-state index in [0.717, 1.165) is 11.4 Å². The molecule has 0 spiro atoms. The van der Waals surface area contributed by atoms with Gasteiger partial charge in [-0.05, 0) is 12.1 Å². The molecule has 1 atom stereocenters. The molecule has 2 aliphatic heterocycles. The van der Waals surface area contributed by atoms with Crippen molar-refractivity contribution in [2.45, 2.75) is 6.10 Å². The lowest BCUT2D eigenvalue weighted by Gasteiger charge is -2.33. The first kappa shape index (κ1) is 11.3. The van der Waals surface area contributed by atoms with Gasteiger partial charge >= 0.3 is 0 Å². The minimum Gasteiger partial charge on any atom is -0.477 e. The van der Waals surface area contributed by atoms with Crippen molar-refractivity contribution in [1.29, 1.82) is 0 Å². The van der Waals surface area contributed by atoms with Gasteiger partial charge in [-0.1, -0.05) is 12.1 Å². The second-order valence-electron chi connectivity index (χ2n) is 4.42. The first-order chi connectivity index (χ1) is 8.84. The van der Waals surface area contributed by atoms with Crippen molar-refractivity contribution in [3.05, 3.63) is 24.3 Å². The summed E-state index contributed by atoms with van der Waals surface area (Å²) in [6, 6.07) is 7.67. The standard InChI is InChI=1S/C13H16N2O3/c16-13(15-5-7-17-8-6-15)12-9-14-10-3-1-2-4-11(10)18-12/h1-4,12,14H,5-9H2. The van der Waals surface area contributed by atoms with E-state index in [1.807, 2.05) is 29.2 Å². The van der Waals surface area contributed by atoms with Crippen LogP contribution in [0.25, 0.3) is 0 Å². The van der Waals surface area contributed by atoms with Crippen molar-refractivity contribution in [2.75, 3.05) is 38.2 Å². The van der Waals surface area contributed by atoms with Crippen LogP contribution in [0.2, 0.25) is 0 Å². The third-order valence-electron chi connectivity index (χ3n) is 3.23. The van der Waals surface area contributed by atoms with Gasteiger partial charge in [0, 0.05) is 13.1 Å². The highest BCUT2D eigenvalue weighted by molar-refractivity contribution is 5.83. The zero-order chi connectivity index (χ0) is 12.4. The largest absolute Gasteiger partial charge is 0.477 e. The van der Waals surface area contributed by atoms with Crippen molar-refractivity contribution in [3.63, 3.8) is 0 Å². The lowest BCUT2D eigenvalue weighted by molar-refractivity contribution is -0.142. The van der Waals surface area contributed by atoms with Crippen LogP contribution in [0.3, 0.4) is 0 Å². The summed E-state index contributed by atoms with van der Waals surface area (Å²) in [5.74, 6) is 0.788. The van der Waals surface area contributed by atoms with E-state index >= 15 is 0 Å². The quantitative estimate of drug-likeness (QED) is 0.795. The van der Waals surface area contributed by atoms with E-state index in [4.69, 9.17) is 9.47 Å². The van der Waals surface area contributed by atoms with Crippen LogP contribution in [0.5, 0.6) is 5.75 Å². The van der Waals surface area contributed by atoms with E-state index in [2.05, 4.69) is 5.32 Å². The summed E-state index contributed by atoms with van der Waals surface area (Å²) in [6.07, 6.45) is -0.432.